The minimum absolute atomic E-state index is 0.501. The lowest BCUT2D eigenvalue weighted by Crippen LogP contribution is -1.75. The Balaban J connectivity index is 2.27. The SMILES string of the molecule is Clc1ccc(Cl)c(Sc2nc(Cl)cs2)c1. The molecule has 0 radical (unpaired) electrons. The first-order valence-corrected chi connectivity index (χ1v) is 6.72. The van der Waals surface area contributed by atoms with Crippen molar-refractivity contribution >= 4 is 57.9 Å². The summed E-state index contributed by atoms with van der Waals surface area (Å²) >= 11 is 20.5. The van der Waals surface area contributed by atoms with E-state index in [1.54, 1.807) is 17.5 Å². The Kier molecular flexibility index (Phi) is 3.80. The van der Waals surface area contributed by atoms with Crippen molar-refractivity contribution < 1.29 is 0 Å². The summed E-state index contributed by atoms with van der Waals surface area (Å²) in [5.74, 6) is 0. The number of rotatable bonds is 2. The van der Waals surface area contributed by atoms with Gasteiger partial charge in [-0.1, -0.05) is 46.6 Å². The van der Waals surface area contributed by atoms with Crippen LogP contribution in [0.25, 0.3) is 0 Å². The third-order valence-corrected chi connectivity index (χ3v) is 4.54. The van der Waals surface area contributed by atoms with Crippen LogP contribution in [0.4, 0.5) is 0 Å². The Hall–Kier alpha value is 0.0700. The van der Waals surface area contributed by atoms with E-state index in [9.17, 15) is 0 Å². The summed E-state index contributed by atoms with van der Waals surface area (Å²) in [7, 11) is 0. The minimum Gasteiger partial charge on any atom is -0.218 e. The fraction of sp³-hybridized carbons (Fsp3) is 0. The maximum Gasteiger partial charge on any atom is 0.156 e. The van der Waals surface area contributed by atoms with Crippen molar-refractivity contribution in [2.45, 2.75) is 9.24 Å². The second-order valence-electron chi connectivity index (χ2n) is 2.61. The van der Waals surface area contributed by atoms with E-state index in [0.29, 0.717) is 15.2 Å². The van der Waals surface area contributed by atoms with Gasteiger partial charge in [-0.25, -0.2) is 4.98 Å². The second-order valence-corrected chi connectivity index (χ2v) is 5.99. The molecule has 6 heteroatoms. The molecular weight excluding hydrogens is 293 g/mol. The van der Waals surface area contributed by atoms with Gasteiger partial charge in [0.2, 0.25) is 0 Å². The van der Waals surface area contributed by atoms with Crippen LogP contribution in [0.5, 0.6) is 0 Å². The second kappa shape index (κ2) is 4.93. The highest BCUT2D eigenvalue weighted by molar-refractivity contribution is 8.01. The topological polar surface area (TPSA) is 12.9 Å². The minimum atomic E-state index is 0.501. The van der Waals surface area contributed by atoms with Crippen molar-refractivity contribution in [2.24, 2.45) is 0 Å². The Morgan fingerprint density at radius 1 is 1.20 bits per heavy atom. The molecule has 15 heavy (non-hydrogen) atoms. The van der Waals surface area contributed by atoms with E-state index in [1.807, 2.05) is 6.07 Å². The predicted octanol–water partition coefficient (Wildman–Crippen LogP) is 5.25. The van der Waals surface area contributed by atoms with E-state index in [-0.39, 0.29) is 0 Å². The van der Waals surface area contributed by atoms with Crippen molar-refractivity contribution in [1.82, 2.24) is 4.98 Å². The third kappa shape index (κ3) is 3.02. The molecule has 78 valence electrons. The van der Waals surface area contributed by atoms with Crippen LogP contribution < -0.4 is 0 Å². The lowest BCUT2D eigenvalue weighted by atomic mass is 10.4. The standard InChI is InChI=1S/C9H4Cl3NS2/c10-5-1-2-6(11)7(3-5)15-9-13-8(12)4-14-9/h1-4H. The van der Waals surface area contributed by atoms with Gasteiger partial charge in [-0.3, -0.25) is 0 Å². The number of hydrogen-bond donors (Lipinski definition) is 0. The maximum absolute atomic E-state index is 6.02. The van der Waals surface area contributed by atoms with E-state index in [0.717, 1.165) is 9.24 Å². The number of nitrogens with zero attached hydrogens (tertiary/aromatic N) is 1. The zero-order chi connectivity index (χ0) is 10.8. The first kappa shape index (κ1) is 11.6. The largest absolute Gasteiger partial charge is 0.218 e. The zero-order valence-corrected chi connectivity index (χ0v) is 11.1. The van der Waals surface area contributed by atoms with Gasteiger partial charge in [0, 0.05) is 15.3 Å². The van der Waals surface area contributed by atoms with Crippen molar-refractivity contribution in [3.05, 3.63) is 38.8 Å². The van der Waals surface area contributed by atoms with Crippen molar-refractivity contribution in [2.75, 3.05) is 0 Å². The van der Waals surface area contributed by atoms with Crippen LogP contribution in [0, 0.1) is 0 Å². The summed E-state index contributed by atoms with van der Waals surface area (Å²) in [5.41, 5.74) is 0. The molecule has 0 aliphatic carbocycles. The molecule has 2 rings (SSSR count). The van der Waals surface area contributed by atoms with Crippen LogP contribution >= 0.6 is 57.9 Å². The molecule has 1 aromatic heterocycles. The van der Waals surface area contributed by atoms with Gasteiger partial charge < -0.3 is 0 Å². The third-order valence-electron chi connectivity index (χ3n) is 1.55. The van der Waals surface area contributed by atoms with Gasteiger partial charge in [-0.05, 0) is 18.2 Å². The Bertz CT molecular complexity index is 484. The lowest BCUT2D eigenvalue weighted by molar-refractivity contribution is 1.25. The molecule has 0 saturated carbocycles. The summed E-state index contributed by atoms with van der Waals surface area (Å²) in [5, 5.41) is 3.60. The zero-order valence-electron chi connectivity index (χ0n) is 7.21. The summed E-state index contributed by atoms with van der Waals surface area (Å²) < 4.78 is 0.851. The van der Waals surface area contributed by atoms with E-state index < -0.39 is 0 Å². The van der Waals surface area contributed by atoms with Crippen molar-refractivity contribution in [1.29, 1.82) is 0 Å². The highest BCUT2D eigenvalue weighted by Crippen LogP contribution is 2.36. The van der Waals surface area contributed by atoms with Gasteiger partial charge in [0.15, 0.2) is 4.34 Å². The van der Waals surface area contributed by atoms with E-state index >= 15 is 0 Å². The first-order valence-electron chi connectivity index (χ1n) is 3.89. The molecular formula is C9H4Cl3NS2. The molecule has 1 nitrogen and oxygen atoms in total. The molecule has 1 heterocycles. The Morgan fingerprint density at radius 2 is 2.00 bits per heavy atom. The van der Waals surface area contributed by atoms with Crippen molar-refractivity contribution in [3.8, 4) is 0 Å². The van der Waals surface area contributed by atoms with Gasteiger partial charge in [0.05, 0.1) is 5.02 Å². The molecule has 0 bridgehead atoms. The highest BCUT2D eigenvalue weighted by atomic mass is 35.5. The molecule has 0 aliphatic rings. The lowest BCUT2D eigenvalue weighted by Gasteiger charge is -2.01. The predicted molar refractivity (Wildman–Crippen MR) is 67.7 cm³/mol. The van der Waals surface area contributed by atoms with E-state index in [4.69, 9.17) is 34.8 Å². The number of hydrogen-bond acceptors (Lipinski definition) is 3. The van der Waals surface area contributed by atoms with Gasteiger partial charge in [0.25, 0.3) is 0 Å². The number of thiazole rings is 1. The van der Waals surface area contributed by atoms with E-state index in [2.05, 4.69) is 4.98 Å². The van der Waals surface area contributed by atoms with Gasteiger partial charge >= 0.3 is 0 Å². The quantitative estimate of drug-likeness (QED) is 0.750. The summed E-state index contributed by atoms with van der Waals surface area (Å²) in [6.07, 6.45) is 0. The fourth-order valence-corrected chi connectivity index (χ4v) is 3.42. The number of aromatic nitrogens is 1. The van der Waals surface area contributed by atoms with Gasteiger partial charge in [0.1, 0.15) is 5.15 Å². The van der Waals surface area contributed by atoms with E-state index in [1.165, 1.54) is 23.1 Å². The first-order chi connectivity index (χ1) is 7.15. The van der Waals surface area contributed by atoms with Crippen LogP contribution in [0.2, 0.25) is 15.2 Å². The summed E-state index contributed by atoms with van der Waals surface area (Å²) in [6.45, 7) is 0. The average molecular weight is 297 g/mol. The maximum atomic E-state index is 6.02. The molecule has 1 aromatic carbocycles. The van der Waals surface area contributed by atoms with Crippen LogP contribution in [0.3, 0.4) is 0 Å². The molecule has 0 spiro atoms. The number of halogens is 3. The smallest absolute Gasteiger partial charge is 0.156 e. The molecule has 0 aliphatic heterocycles. The number of benzene rings is 1. The Labute approximate surface area is 110 Å². The fourth-order valence-electron chi connectivity index (χ4n) is 0.935. The summed E-state index contributed by atoms with van der Waals surface area (Å²) in [4.78, 5) is 5.01. The normalized spacial score (nSPS) is 10.6. The molecule has 0 N–H and O–H groups in total. The average Bonchev–Trinajstić information content (AvgIpc) is 2.58. The van der Waals surface area contributed by atoms with Crippen molar-refractivity contribution in [3.63, 3.8) is 0 Å². The molecule has 0 atom stereocenters. The molecule has 0 saturated heterocycles. The van der Waals surface area contributed by atoms with Crippen LogP contribution in [-0.4, -0.2) is 4.98 Å². The monoisotopic (exact) mass is 295 g/mol. The Morgan fingerprint density at radius 3 is 2.67 bits per heavy atom. The van der Waals surface area contributed by atoms with Gasteiger partial charge in [-0.2, -0.15) is 0 Å². The van der Waals surface area contributed by atoms with Crippen LogP contribution in [-0.2, 0) is 0 Å². The molecule has 0 unspecified atom stereocenters. The summed E-state index contributed by atoms with van der Waals surface area (Å²) in [6, 6.07) is 5.33. The van der Waals surface area contributed by atoms with Crippen LogP contribution in [0.15, 0.2) is 32.8 Å². The van der Waals surface area contributed by atoms with Gasteiger partial charge in [-0.15, -0.1) is 11.3 Å². The molecule has 2 aromatic rings. The van der Waals surface area contributed by atoms with Crippen LogP contribution in [0.1, 0.15) is 0 Å². The molecule has 0 fully saturated rings. The highest BCUT2D eigenvalue weighted by Gasteiger charge is 2.06. The molecule has 0 amide bonds.